The monoisotopic (exact) mass is 312 g/mol. The van der Waals surface area contributed by atoms with Crippen LogP contribution >= 0.6 is 12.2 Å². The van der Waals surface area contributed by atoms with Gasteiger partial charge in [-0.2, -0.15) is 0 Å². The minimum atomic E-state index is 0.118. The summed E-state index contributed by atoms with van der Waals surface area (Å²) in [6.07, 6.45) is 3.22. The first-order chi connectivity index (χ1) is 10.7. The number of nitrogens with one attached hydrogen (secondary N) is 1. The molecule has 1 atom stereocenters. The summed E-state index contributed by atoms with van der Waals surface area (Å²) < 4.78 is 0.734. The minimum Gasteiger partial charge on any atom is -0.350 e. The highest BCUT2D eigenvalue weighted by Gasteiger charge is 2.29. The molecule has 0 unspecified atom stereocenters. The number of carbonyl (C=O) groups excluding carboxylic acids is 1. The highest BCUT2D eigenvalue weighted by molar-refractivity contribution is 7.71. The fourth-order valence-corrected chi connectivity index (χ4v) is 3.42. The summed E-state index contributed by atoms with van der Waals surface area (Å²) in [6, 6.07) is 13.7. The second-order valence-corrected chi connectivity index (χ2v) is 6.22. The first kappa shape index (κ1) is 15.0. The van der Waals surface area contributed by atoms with Crippen molar-refractivity contribution in [2.45, 2.75) is 32.2 Å². The van der Waals surface area contributed by atoms with E-state index < -0.39 is 0 Å². The standard InChI is InChI=1S/C18H20N2OS/c1-13-15(10-11-17(22)19-13)16-9-5-6-12-20(16)18(21)14-7-3-2-4-8-14/h2-4,7-8,10-11,16H,5-6,9,12H2,1H3,(H,19,22)/t16-/m1/s1. The highest BCUT2D eigenvalue weighted by atomic mass is 32.1. The van der Waals surface area contributed by atoms with Crippen LogP contribution in [0.25, 0.3) is 0 Å². The van der Waals surface area contributed by atoms with Crippen LogP contribution in [0, 0.1) is 11.6 Å². The summed E-state index contributed by atoms with van der Waals surface area (Å²) in [5, 5.41) is 0. The van der Waals surface area contributed by atoms with E-state index in [0.717, 1.165) is 41.7 Å². The van der Waals surface area contributed by atoms with Gasteiger partial charge in [0, 0.05) is 17.8 Å². The smallest absolute Gasteiger partial charge is 0.254 e. The molecule has 1 fully saturated rings. The van der Waals surface area contributed by atoms with Crippen LogP contribution in [0.1, 0.15) is 46.9 Å². The Morgan fingerprint density at radius 1 is 1.18 bits per heavy atom. The molecular weight excluding hydrogens is 292 g/mol. The number of piperidine rings is 1. The van der Waals surface area contributed by atoms with E-state index in [9.17, 15) is 4.79 Å². The molecule has 3 rings (SSSR count). The van der Waals surface area contributed by atoms with Crippen LogP contribution in [0.3, 0.4) is 0 Å². The van der Waals surface area contributed by atoms with Gasteiger partial charge in [-0.25, -0.2) is 0 Å². The van der Waals surface area contributed by atoms with Gasteiger partial charge in [0.15, 0.2) is 0 Å². The van der Waals surface area contributed by atoms with Gasteiger partial charge in [0.1, 0.15) is 4.64 Å². The van der Waals surface area contributed by atoms with Crippen LogP contribution in [-0.2, 0) is 0 Å². The molecule has 3 nitrogen and oxygen atoms in total. The number of benzene rings is 1. The van der Waals surface area contributed by atoms with Gasteiger partial charge in [-0.3, -0.25) is 4.79 Å². The zero-order chi connectivity index (χ0) is 15.5. The fraction of sp³-hybridized carbons (Fsp3) is 0.333. The van der Waals surface area contributed by atoms with Crippen LogP contribution in [0.4, 0.5) is 0 Å². The Kier molecular flexibility index (Phi) is 4.39. The van der Waals surface area contributed by atoms with Crippen molar-refractivity contribution in [2.24, 2.45) is 0 Å². The number of amides is 1. The van der Waals surface area contributed by atoms with E-state index in [4.69, 9.17) is 12.2 Å². The van der Waals surface area contributed by atoms with Crippen LogP contribution in [-0.4, -0.2) is 22.3 Å². The maximum absolute atomic E-state index is 12.9. The van der Waals surface area contributed by atoms with E-state index in [1.165, 1.54) is 5.56 Å². The highest BCUT2D eigenvalue weighted by Crippen LogP contribution is 2.33. The largest absolute Gasteiger partial charge is 0.350 e. The average Bonchev–Trinajstić information content (AvgIpc) is 2.55. The normalized spacial score (nSPS) is 18.2. The molecule has 0 saturated carbocycles. The quantitative estimate of drug-likeness (QED) is 0.833. The van der Waals surface area contributed by atoms with Gasteiger partial charge in [-0.1, -0.05) is 36.5 Å². The second-order valence-electron chi connectivity index (χ2n) is 5.78. The Hall–Kier alpha value is -1.94. The molecule has 0 radical (unpaired) electrons. The lowest BCUT2D eigenvalue weighted by atomic mass is 9.93. The van der Waals surface area contributed by atoms with E-state index in [1.807, 2.05) is 48.2 Å². The lowest BCUT2D eigenvalue weighted by molar-refractivity contribution is 0.0610. The van der Waals surface area contributed by atoms with E-state index >= 15 is 0 Å². The van der Waals surface area contributed by atoms with Crippen molar-refractivity contribution in [2.75, 3.05) is 6.54 Å². The Labute approximate surface area is 136 Å². The van der Waals surface area contributed by atoms with Gasteiger partial charge in [-0.15, -0.1) is 0 Å². The average molecular weight is 312 g/mol. The van der Waals surface area contributed by atoms with Crippen molar-refractivity contribution in [3.05, 3.63) is 63.9 Å². The number of aromatic nitrogens is 1. The molecule has 1 aromatic heterocycles. The number of aromatic amines is 1. The molecule has 1 aromatic carbocycles. The molecule has 1 amide bonds. The van der Waals surface area contributed by atoms with Crippen molar-refractivity contribution >= 4 is 18.1 Å². The van der Waals surface area contributed by atoms with Gasteiger partial charge in [0.2, 0.25) is 0 Å². The summed E-state index contributed by atoms with van der Waals surface area (Å²) in [6.45, 7) is 2.85. The predicted molar refractivity (Wildman–Crippen MR) is 90.4 cm³/mol. The molecule has 0 aliphatic carbocycles. The van der Waals surface area contributed by atoms with Crippen molar-refractivity contribution in [3.63, 3.8) is 0 Å². The Morgan fingerprint density at radius 2 is 1.95 bits per heavy atom. The van der Waals surface area contributed by atoms with E-state index in [0.29, 0.717) is 0 Å². The molecule has 1 saturated heterocycles. The predicted octanol–water partition coefficient (Wildman–Crippen LogP) is 4.42. The summed E-state index contributed by atoms with van der Waals surface area (Å²) in [5.41, 5.74) is 3.00. The zero-order valence-corrected chi connectivity index (χ0v) is 13.5. The maximum atomic E-state index is 12.9. The fourth-order valence-electron chi connectivity index (χ4n) is 3.19. The Balaban J connectivity index is 1.94. The number of likely N-dealkylation sites (tertiary alicyclic amines) is 1. The molecule has 1 aliphatic rings. The van der Waals surface area contributed by atoms with Gasteiger partial charge >= 0.3 is 0 Å². The molecule has 0 spiro atoms. The summed E-state index contributed by atoms with van der Waals surface area (Å²) in [5.74, 6) is 0.118. The third kappa shape index (κ3) is 2.97. The SMILES string of the molecule is Cc1[nH]c(=S)ccc1[C@H]1CCCCN1C(=O)c1ccccc1. The number of H-pyrrole nitrogens is 1. The maximum Gasteiger partial charge on any atom is 0.254 e. The number of hydrogen-bond acceptors (Lipinski definition) is 2. The first-order valence-electron chi connectivity index (χ1n) is 7.72. The van der Waals surface area contributed by atoms with Gasteiger partial charge in [0.25, 0.3) is 5.91 Å². The van der Waals surface area contributed by atoms with Gasteiger partial charge in [0.05, 0.1) is 6.04 Å². The summed E-state index contributed by atoms with van der Waals surface area (Å²) in [4.78, 5) is 18.1. The van der Waals surface area contributed by atoms with Crippen molar-refractivity contribution in [1.29, 1.82) is 0 Å². The van der Waals surface area contributed by atoms with Crippen LogP contribution < -0.4 is 0 Å². The molecule has 0 bridgehead atoms. The van der Waals surface area contributed by atoms with Crippen molar-refractivity contribution < 1.29 is 4.79 Å². The molecule has 4 heteroatoms. The van der Waals surface area contributed by atoms with E-state index in [2.05, 4.69) is 11.1 Å². The number of aryl methyl sites for hydroxylation is 1. The van der Waals surface area contributed by atoms with Gasteiger partial charge < -0.3 is 9.88 Å². The molecule has 114 valence electrons. The third-order valence-electron chi connectivity index (χ3n) is 4.30. The Bertz CT molecular complexity index is 723. The third-order valence-corrected chi connectivity index (χ3v) is 4.54. The number of hydrogen-bond donors (Lipinski definition) is 1. The zero-order valence-electron chi connectivity index (χ0n) is 12.7. The van der Waals surface area contributed by atoms with E-state index in [1.54, 1.807) is 0 Å². The Morgan fingerprint density at radius 3 is 2.68 bits per heavy atom. The topological polar surface area (TPSA) is 36.1 Å². The van der Waals surface area contributed by atoms with Crippen molar-refractivity contribution in [3.8, 4) is 0 Å². The molecule has 2 aromatic rings. The molecule has 1 aliphatic heterocycles. The molecule has 2 heterocycles. The second kappa shape index (κ2) is 6.44. The number of rotatable bonds is 2. The van der Waals surface area contributed by atoms with Crippen LogP contribution in [0.5, 0.6) is 0 Å². The number of carbonyl (C=O) groups is 1. The first-order valence-corrected chi connectivity index (χ1v) is 8.13. The van der Waals surface area contributed by atoms with E-state index in [-0.39, 0.29) is 11.9 Å². The lowest BCUT2D eigenvalue weighted by Gasteiger charge is -2.36. The number of nitrogens with zero attached hydrogens (tertiary/aromatic N) is 1. The summed E-state index contributed by atoms with van der Waals surface area (Å²) >= 11 is 5.18. The van der Waals surface area contributed by atoms with Crippen molar-refractivity contribution in [1.82, 2.24) is 9.88 Å². The summed E-state index contributed by atoms with van der Waals surface area (Å²) in [7, 11) is 0. The lowest BCUT2D eigenvalue weighted by Crippen LogP contribution is -2.38. The molecule has 22 heavy (non-hydrogen) atoms. The molecular formula is C18H20N2OS. The minimum absolute atomic E-state index is 0.118. The molecule has 1 N–H and O–H groups in total. The number of pyridine rings is 1. The van der Waals surface area contributed by atoms with Crippen LogP contribution in [0.15, 0.2) is 42.5 Å². The van der Waals surface area contributed by atoms with Crippen LogP contribution in [0.2, 0.25) is 0 Å². The van der Waals surface area contributed by atoms with Gasteiger partial charge in [-0.05, 0) is 49.9 Å².